The number of rotatable bonds is 0. The Morgan fingerprint density at radius 3 is 1.00 bits per heavy atom. The second-order valence-electron chi connectivity index (χ2n) is 1.50. The zero-order valence-electron chi connectivity index (χ0n) is 7.24. The van der Waals surface area contributed by atoms with E-state index in [4.69, 9.17) is 0 Å². The molecule has 1 aliphatic rings. The van der Waals surface area contributed by atoms with E-state index < -0.39 is 0 Å². The summed E-state index contributed by atoms with van der Waals surface area (Å²) in [6.07, 6.45) is 0. The minimum absolute atomic E-state index is 1.14. The maximum absolute atomic E-state index is 3.25. The van der Waals surface area contributed by atoms with E-state index in [-0.39, 0.29) is 0 Å². The van der Waals surface area contributed by atoms with E-state index in [2.05, 4.69) is 24.5 Å². The molecule has 0 aromatic rings. The second kappa shape index (κ2) is 16.0. The van der Waals surface area contributed by atoms with Crippen LogP contribution in [0.25, 0.3) is 0 Å². The van der Waals surface area contributed by atoms with Crippen LogP contribution in [0.5, 0.6) is 0 Å². The fourth-order valence-electron chi connectivity index (χ4n) is 0.604. The van der Waals surface area contributed by atoms with Crippen LogP contribution in [0.15, 0.2) is 0 Å². The van der Waals surface area contributed by atoms with E-state index in [1.807, 2.05) is 0 Å². The van der Waals surface area contributed by atoms with E-state index in [1.54, 1.807) is 13.8 Å². The molecule has 1 aliphatic heterocycles. The third kappa shape index (κ3) is 10.8. The van der Waals surface area contributed by atoms with Gasteiger partial charge in [0.25, 0.3) is 0 Å². The Balaban J connectivity index is 0. The predicted molar refractivity (Wildman–Crippen MR) is 47.8 cm³/mol. The first kappa shape index (κ1) is 12.6. The van der Waals surface area contributed by atoms with Gasteiger partial charge in [-0.25, -0.2) is 0 Å². The van der Waals surface area contributed by atoms with Crippen molar-refractivity contribution in [2.75, 3.05) is 26.2 Å². The van der Waals surface area contributed by atoms with Gasteiger partial charge in [-0.1, -0.05) is 27.7 Å². The van der Waals surface area contributed by atoms with Crippen molar-refractivity contribution in [2.45, 2.75) is 13.8 Å². The Hall–Kier alpha value is -0.0800. The molecule has 2 N–H and O–H groups in total. The first-order chi connectivity index (χ1) is 5.00. The van der Waals surface area contributed by atoms with Crippen LogP contribution in [0.3, 0.4) is 0 Å². The van der Waals surface area contributed by atoms with Gasteiger partial charge in [-0.2, -0.15) is 0 Å². The number of nitrogens with one attached hydrogen (secondary N) is 2. The summed E-state index contributed by atoms with van der Waals surface area (Å²) in [7, 11) is 0. The molecule has 0 aromatic heterocycles. The minimum atomic E-state index is 1.14. The van der Waals surface area contributed by atoms with Crippen molar-refractivity contribution in [3.63, 3.8) is 0 Å². The standard InChI is InChI=1S/C4H10N2.2C2H5/c1-2-6-4-3-5-1;2*1-2/h5-6H,1-4H2;2*1H2,2H3. The lowest BCUT2D eigenvalue weighted by Crippen LogP contribution is -2.39. The second-order valence-corrected chi connectivity index (χ2v) is 1.50. The molecule has 62 valence electrons. The first-order valence-electron chi connectivity index (χ1n) is 3.83. The molecule has 0 aliphatic carbocycles. The number of hydrogen-bond acceptors (Lipinski definition) is 2. The van der Waals surface area contributed by atoms with E-state index in [0.717, 1.165) is 26.2 Å². The van der Waals surface area contributed by atoms with Gasteiger partial charge in [0.05, 0.1) is 0 Å². The van der Waals surface area contributed by atoms with Crippen LogP contribution < -0.4 is 10.6 Å². The van der Waals surface area contributed by atoms with Crippen LogP contribution in [0, 0.1) is 13.8 Å². The maximum atomic E-state index is 3.25. The topological polar surface area (TPSA) is 24.1 Å². The fraction of sp³-hybridized carbons (Fsp3) is 0.750. The highest BCUT2D eigenvalue weighted by atomic mass is 15.0. The highest BCUT2D eigenvalue weighted by molar-refractivity contribution is 4.59. The number of hydrogen-bond donors (Lipinski definition) is 2. The van der Waals surface area contributed by atoms with Crippen LogP contribution in [0.1, 0.15) is 13.8 Å². The summed E-state index contributed by atoms with van der Waals surface area (Å²) in [6.45, 7) is 14.6. The van der Waals surface area contributed by atoms with Crippen LogP contribution in [-0.2, 0) is 0 Å². The molecular formula is C8H20N2. The summed E-state index contributed by atoms with van der Waals surface area (Å²) < 4.78 is 0. The van der Waals surface area contributed by atoms with Gasteiger partial charge >= 0.3 is 0 Å². The molecule has 0 unspecified atom stereocenters. The molecule has 0 amide bonds. The molecule has 0 spiro atoms. The molecule has 0 saturated carbocycles. The van der Waals surface area contributed by atoms with Crippen LogP contribution in [-0.4, -0.2) is 26.2 Å². The Bertz CT molecular complexity index is 22.7. The van der Waals surface area contributed by atoms with E-state index in [0.29, 0.717) is 0 Å². The molecule has 1 rings (SSSR count). The average molecular weight is 144 g/mol. The summed E-state index contributed by atoms with van der Waals surface area (Å²) >= 11 is 0. The lowest BCUT2D eigenvalue weighted by molar-refractivity contribution is 0.534. The van der Waals surface area contributed by atoms with Gasteiger partial charge in [0.15, 0.2) is 0 Å². The summed E-state index contributed by atoms with van der Waals surface area (Å²) in [4.78, 5) is 0. The molecule has 2 radical (unpaired) electrons. The third-order valence-electron chi connectivity index (χ3n) is 0.957. The van der Waals surface area contributed by atoms with Crippen LogP contribution in [0.4, 0.5) is 0 Å². The van der Waals surface area contributed by atoms with Gasteiger partial charge in [-0.15, -0.1) is 0 Å². The predicted octanol–water partition coefficient (Wildman–Crippen LogP) is 0.860. The van der Waals surface area contributed by atoms with Crippen molar-refractivity contribution in [1.82, 2.24) is 10.6 Å². The summed E-state index contributed by atoms with van der Waals surface area (Å²) in [5.41, 5.74) is 0. The van der Waals surface area contributed by atoms with Crippen molar-refractivity contribution >= 4 is 0 Å². The van der Waals surface area contributed by atoms with E-state index >= 15 is 0 Å². The van der Waals surface area contributed by atoms with E-state index in [1.165, 1.54) is 0 Å². The van der Waals surface area contributed by atoms with Gasteiger partial charge < -0.3 is 10.6 Å². The normalized spacial score (nSPS) is 15.6. The van der Waals surface area contributed by atoms with Gasteiger partial charge in [-0.3, -0.25) is 0 Å². The first-order valence-corrected chi connectivity index (χ1v) is 3.83. The van der Waals surface area contributed by atoms with Gasteiger partial charge in [0.1, 0.15) is 0 Å². The smallest absolute Gasteiger partial charge is 0.00772 e. The molecule has 0 bridgehead atoms. The SMILES string of the molecule is C1CNCCN1.[CH2]C.[CH2]C. The quantitative estimate of drug-likeness (QED) is 0.527. The highest BCUT2D eigenvalue weighted by Gasteiger charge is 1.91. The largest absolute Gasteiger partial charge is 0.314 e. The molecular weight excluding hydrogens is 124 g/mol. The lowest BCUT2D eigenvalue weighted by atomic mass is 10.4. The summed E-state index contributed by atoms with van der Waals surface area (Å²) in [5, 5.41) is 6.44. The molecule has 0 atom stereocenters. The molecule has 10 heavy (non-hydrogen) atoms. The van der Waals surface area contributed by atoms with Crippen molar-refractivity contribution in [1.29, 1.82) is 0 Å². The Labute approximate surface area is 65.4 Å². The zero-order valence-corrected chi connectivity index (χ0v) is 7.24. The third-order valence-corrected chi connectivity index (χ3v) is 0.957. The van der Waals surface area contributed by atoms with Gasteiger partial charge in [0.2, 0.25) is 0 Å². The van der Waals surface area contributed by atoms with Gasteiger partial charge in [0, 0.05) is 26.2 Å². The fourth-order valence-corrected chi connectivity index (χ4v) is 0.604. The lowest BCUT2D eigenvalue weighted by Gasteiger charge is -2.11. The van der Waals surface area contributed by atoms with Gasteiger partial charge in [-0.05, 0) is 0 Å². The molecule has 1 fully saturated rings. The van der Waals surface area contributed by atoms with Crippen molar-refractivity contribution in [2.24, 2.45) is 0 Å². The molecule has 1 saturated heterocycles. The molecule has 0 aromatic carbocycles. The summed E-state index contributed by atoms with van der Waals surface area (Å²) in [5.74, 6) is 0. The van der Waals surface area contributed by atoms with E-state index in [9.17, 15) is 0 Å². The summed E-state index contributed by atoms with van der Waals surface area (Å²) in [6, 6.07) is 0. The molecule has 1 heterocycles. The molecule has 2 heteroatoms. The minimum Gasteiger partial charge on any atom is -0.314 e. The Kier molecular flexibility index (Phi) is 20.1. The highest BCUT2D eigenvalue weighted by Crippen LogP contribution is 1.65. The maximum Gasteiger partial charge on any atom is 0.00772 e. The Morgan fingerprint density at radius 2 is 0.900 bits per heavy atom. The van der Waals surface area contributed by atoms with Crippen molar-refractivity contribution < 1.29 is 0 Å². The molecule has 2 nitrogen and oxygen atoms in total. The van der Waals surface area contributed by atoms with Crippen molar-refractivity contribution in [3.8, 4) is 0 Å². The van der Waals surface area contributed by atoms with Crippen LogP contribution >= 0.6 is 0 Å². The monoisotopic (exact) mass is 144 g/mol. The average Bonchev–Trinajstić information content (AvgIpc) is 2.14. The zero-order chi connectivity index (χ0) is 8.24. The van der Waals surface area contributed by atoms with Crippen molar-refractivity contribution in [3.05, 3.63) is 13.8 Å². The number of piperazine rings is 1. The Morgan fingerprint density at radius 1 is 0.700 bits per heavy atom. The van der Waals surface area contributed by atoms with Crippen LogP contribution in [0.2, 0.25) is 0 Å².